The van der Waals surface area contributed by atoms with E-state index in [9.17, 15) is 0 Å². The van der Waals surface area contributed by atoms with Gasteiger partial charge in [0.2, 0.25) is 0 Å². The van der Waals surface area contributed by atoms with Crippen molar-refractivity contribution in [2.24, 2.45) is 5.41 Å². The SMILES string of the molecule is CC(C)(C)CN1CC(OC(C)(C)C)C1. The van der Waals surface area contributed by atoms with Gasteiger partial charge in [0.05, 0.1) is 11.7 Å². The minimum absolute atomic E-state index is 0.0124. The monoisotopic (exact) mass is 199 g/mol. The van der Waals surface area contributed by atoms with Crippen LogP contribution in [-0.4, -0.2) is 36.2 Å². The van der Waals surface area contributed by atoms with Gasteiger partial charge in [-0.1, -0.05) is 20.8 Å². The Morgan fingerprint density at radius 2 is 1.57 bits per heavy atom. The molecule has 0 aromatic rings. The van der Waals surface area contributed by atoms with Crippen LogP contribution in [0.2, 0.25) is 0 Å². The Balaban J connectivity index is 2.18. The van der Waals surface area contributed by atoms with Gasteiger partial charge in [-0.05, 0) is 26.2 Å². The molecule has 0 atom stereocenters. The highest BCUT2D eigenvalue weighted by molar-refractivity contribution is 4.85. The Morgan fingerprint density at radius 3 is 1.93 bits per heavy atom. The summed E-state index contributed by atoms with van der Waals surface area (Å²) in [6.45, 7) is 16.6. The minimum Gasteiger partial charge on any atom is -0.370 e. The normalized spacial score (nSPS) is 21.0. The largest absolute Gasteiger partial charge is 0.370 e. The van der Waals surface area contributed by atoms with Crippen molar-refractivity contribution in [1.29, 1.82) is 0 Å². The molecule has 14 heavy (non-hydrogen) atoms. The summed E-state index contributed by atoms with van der Waals surface area (Å²) in [6, 6.07) is 0. The average Bonchev–Trinajstić information content (AvgIpc) is 1.75. The lowest BCUT2D eigenvalue weighted by molar-refractivity contribution is -0.128. The number of nitrogens with zero attached hydrogens (tertiary/aromatic N) is 1. The summed E-state index contributed by atoms with van der Waals surface area (Å²) in [5.74, 6) is 0. The number of hydrogen-bond acceptors (Lipinski definition) is 2. The van der Waals surface area contributed by atoms with Crippen LogP contribution in [-0.2, 0) is 4.74 Å². The van der Waals surface area contributed by atoms with Crippen LogP contribution in [0, 0.1) is 5.41 Å². The molecule has 0 spiro atoms. The van der Waals surface area contributed by atoms with Crippen LogP contribution in [0.15, 0.2) is 0 Å². The summed E-state index contributed by atoms with van der Waals surface area (Å²) >= 11 is 0. The number of rotatable bonds is 2. The number of ether oxygens (including phenoxy) is 1. The van der Waals surface area contributed by atoms with E-state index >= 15 is 0 Å². The second-order valence-electron chi connectivity index (χ2n) is 6.61. The lowest BCUT2D eigenvalue weighted by Gasteiger charge is -2.44. The molecular formula is C12H25NO. The highest BCUT2D eigenvalue weighted by atomic mass is 16.5. The summed E-state index contributed by atoms with van der Waals surface area (Å²) in [7, 11) is 0. The molecular weight excluding hydrogens is 174 g/mol. The zero-order valence-electron chi connectivity index (χ0n) is 10.6. The van der Waals surface area contributed by atoms with Crippen LogP contribution in [0.1, 0.15) is 41.5 Å². The van der Waals surface area contributed by atoms with E-state index in [1.54, 1.807) is 0 Å². The number of likely N-dealkylation sites (tertiary alicyclic amines) is 1. The van der Waals surface area contributed by atoms with Crippen LogP contribution < -0.4 is 0 Å². The second-order valence-corrected chi connectivity index (χ2v) is 6.61. The molecule has 0 N–H and O–H groups in total. The molecule has 2 nitrogen and oxygen atoms in total. The van der Waals surface area contributed by atoms with Crippen LogP contribution in [0.3, 0.4) is 0 Å². The van der Waals surface area contributed by atoms with Crippen molar-refractivity contribution >= 4 is 0 Å². The van der Waals surface area contributed by atoms with Crippen molar-refractivity contribution in [1.82, 2.24) is 4.90 Å². The maximum absolute atomic E-state index is 5.88. The number of hydrogen-bond donors (Lipinski definition) is 0. The Bertz CT molecular complexity index is 161. The van der Waals surface area contributed by atoms with Crippen LogP contribution in [0.4, 0.5) is 0 Å². The molecule has 1 saturated heterocycles. The third-order valence-corrected chi connectivity index (χ3v) is 2.14. The van der Waals surface area contributed by atoms with Crippen LogP contribution in [0.25, 0.3) is 0 Å². The second kappa shape index (κ2) is 3.82. The summed E-state index contributed by atoms with van der Waals surface area (Å²) < 4.78 is 5.88. The van der Waals surface area contributed by atoms with Gasteiger partial charge in [0, 0.05) is 19.6 Å². The first kappa shape index (κ1) is 12.0. The Kier molecular flexibility index (Phi) is 3.27. The molecule has 84 valence electrons. The van der Waals surface area contributed by atoms with Gasteiger partial charge < -0.3 is 4.74 Å². The molecule has 0 amide bonds. The molecule has 1 aliphatic rings. The fourth-order valence-corrected chi connectivity index (χ4v) is 1.90. The van der Waals surface area contributed by atoms with Crippen LogP contribution in [0.5, 0.6) is 0 Å². The van der Waals surface area contributed by atoms with Gasteiger partial charge in [-0.25, -0.2) is 0 Å². The maximum atomic E-state index is 5.88. The first-order valence-corrected chi connectivity index (χ1v) is 5.56. The van der Waals surface area contributed by atoms with Crippen molar-refractivity contribution in [3.63, 3.8) is 0 Å². The van der Waals surface area contributed by atoms with Crippen molar-refractivity contribution in [3.8, 4) is 0 Å². The van der Waals surface area contributed by atoms with E-state index in [1.165, 1.54) is 6.54 Å². The van der Waals surface area contributed by atoms with Gasteiger partial charge in [-0.3, -0.25) is 4.90 Å². The molecule has 2 heteroatoms. The van der Waals surface area contributed by atoms with E-state index in [4.69, 9.17) is 4.74 Å². The van der Waals surface area contributed by atoms with Crippen molar-refractivity contribution in [2.45, 2.75) is 53.2 Å². The van der Waals surface area contributed by atoms with E-state index in [-0.39, 0.29) is 5.60 Å². The van der Waals surface area contributed by atoms with Crippen molar-refractivity contribution in [3.05, 3.63) is 0 Å². The highest BCUT2D eigenvalue weighted by Gasteiger charge is 2.32. The first-order chi connectivity index (χ1) is 6.16. The third-order valence-electron chi connectivity index (χ3n) is 2.14. The molecule has 0 aliphatic carbocycles. The van der Waals surface area contributed by atoms with Crippen LogP contribution >= 0.6 is 0 Å². The van der Waals surface area contributed by atoms with Gasteiger partial charge in [0.15, 0.2) is 0 Å². The summed E-state index contributed by atoms with van der Waals surface area (Å²) in [6.07, 6.45) is 0.456. The summed E-state index contributed by atoms with van der Waals surface area (Å²) in [4.78, 5) is 2.47. The van der Waals surface area contributed by atoms with E-state index < -0.39 is 0 Å². The quantitative estimate of drug-likeness (QED) is 0.677. The van der Waals surface area contributed by atoms with E-state index in [2.05, 4.69) is 46.4 Å². The van der Waals surface area contributed by atoms with Gasteiger partial charge >= 0.3 is 0 Å². The Morgan fingerprint density at radius 1 is 1.07 bits per heavy atom. The molecule has 0 aromatic heterocycles. The first-order valence-electron chi connectivity index (χ1n) is 5.56. The minimum atomic E-state index is 0.0124. The van der Waals surface area contributed by atoms with E-state index in [0.717, 1.165) is 13.1 Å². The zero-order chi connectivity index (χ0) is 11.0. The highest BCUT2D eigenvalue weighted by Crippen LogP contribution is 2.23. The molecule has 0 radical (unpaired) electrons. The lowest BCUT2D eigenvalue weighted by Crippen LogP contribution is -2.56. The molecule has 0 aromatic carbocycles. The molecule has 0 unspecified atom stereocenters. The topological polar surface area (TPSA) is 12.5 Å². The fourth-order valence-electron chi connectivity index (χ4n) is 1.90. The molecule has 0 bridgehead atoms. The standard InChI is InChI=1S/C12H25NO/c1-11(2,3)9-13-7-10(8-13)14-12(4,5)6/h10H,7-9H2,1-6H3. The van der Waals surface area contributed by atoms with Gasteiger partial charge in [-0.15, -0.1) is 0 Å². The predicted molar refractivity (Wildman–Crippen MR) is 60.5 cm³/mol. The average molecular weight is 199 g/mol. The molecule has 1 heterocycles. The molecule has 1 fully saturated rings. The third kappa shape index (κ3) is 4.43. The van der Waals surface area contributed by atoms with Crippen molar-refractivity contribution < 1.29 is 4.74 Å². The van der Waals surface area contributed by atoms with Gasteiger partial charge in [0.1, 0.15) is 0 Å². The zero-order valence-corrected chi connectivity index (χ0v) is 10.6. The Hall–Kier alpha value is -0.0800. The van der Waals surface area contributed by atoms with E-state index in [0.29, 0.717) is 11.5 Å². The summed E-state index contributed by atoms with van der Waals surface area (Å²) in [5, 5.41) is 0. The smallest absolute Gasteiger partial charge is 0.0835 e. The Labute approximate surface area is 88.6 Å². The van der Waals surface area contributed by atoms with E-state index in [1.807, 2.05) is 0 Å². The summed E-state index contributed by atoms with van der Waals surface area (Å²) in [5.41, 5.74) is 0.422. The molecule has 1 rings (SSSR count). The molecule has 1 aliphatic heterocycles. The lowest BCUT2D eigenvalue weighted by atomic mass is 9.94. The molecule has 0 saturated carbocycles. The van der Waals surface area contributed by atoms with Gasteiger partial charge in [-0.2, -0.15) is 0 Å². The fraction of sp³-hybridized carbons (Fsp3) is 1.00. The predicted octanol–water partition coefficient (Wildman–Crippen LogP) is 2.53. The van der Waals surface area contributed by atoms with Gasteiger partial charge in [0.25, 0.3) is 0 Å². The van der Waals surface area contributed by atoms with Crippen molar-refractivity contribution in [2.75, 3.05) is 19.6 Å². The maximum Gasteiger partial charge on any atom is 0.0835 e.